The Morgan fingerprint density at radius 3 is 2.55 bits per heavy atom. The highest BCUT2D eigenvalue weighted by Gasteiger charge is 2.12. The second kappa shape index (κ2) is 5.17. The molecule has 0 N–H and O–H groups in total. The molecular weight excluding hydrogens is 275 g/mol. The van der Waals surface area contributed by atoms with Gasteiger partial charge in [0.15, 0.2) is 5.82 Å². The molecule has 0 bridgehead atoms. The zero-order chi connectivity index (χ0) is 14.1. The minimum Gasteiger partial charge on any atom is -0.228 e. The number of fused-ring (bicyclic) bond motifs is 1. The normalized spacial score (nSPS) is 10.9. The number of halogens is 2. The van der Waals surface area contributed by atoms with Crippen molar-refractivity contribution in [2.24, 2.45) is 0 Å². The molecule has 0 saturated heterocycles. The molecule has 0 aliphatic carbocycles. The van der Waals surface area contributed by atoms with Crippen molar-refractivity contribution >= 4 is 22.5 Å². The third kappa shape index (κ3) is 2.25. The summed E-state index contributed by atoms with van der Waals surface area (Å²) in [7, 11) is 0. The summed E-state index contributed by atoms with van der Waals surface area (Å²) in [6, 6.07) is 12.5. The average Bonchev–Trinajstić information content (AvgIpc) is 2.48. The second-order valence-corrected chi connectivity index (χ2v) is 4.88. The summed E-state index contributed by atoms with van der Waals surface area (Å²) in [5.41, 5.74) is 2.44. The maximum Gasteiger partial charge on any atom is 0.161 e. The minimum absolute atomic E-state index is 0.281. The summed E-state index contributed by atoms with van der Waals surface area (Å²) in [5.74, 6) is 0.247. The highest BCUT2D eigenvalue weighted by Crippen LogP contribution is 2.28. The van der Waals surface area contributed by atoms with E-state index < -0.39 is 0 Å². The van der Waals surface area contributed by atoms with E-state index in [4.69, 9.17) is 11.6 Å². The fraction of sp³-hybridized carbons (Fsp3) is 0.125. The van der Waals surface area contributed by atoms with E-state index in [9.17, 15) is 4.39 Å². The topological polar surface area (TPSA) is 25.8 Å². The molecule has 4 heteroatoms. The van der Waals surface area contributed by atoms with E-state index in [1.807, 2.05) is 37.3 Å². The van der Waals surface area contributed by atoms with Crippen LogP contribution in [0.25, 0.3) is 22.3 Å². The molecule has 0 spiro atoms. The molecule has 100 valence electrons. The van der Waals surface area contributed by atoms with Crippen molar-refractivity contribution in [1.82, 2.24) is 9.97 Å². The van der Waals surface area contributed by atoms with Gasteiger partial charge >= 0.3 is 0 Å². The molecule has 0 atom stereocenters. The third-order valence-corrected chi connectivity index (χ3v) is 3.50. The molecule has 0 unspecified atom stereocenters. The Labute approximate surface area is 121 Å². The lowest BCUT2D eigenvalue weighted by Gasteiger charge is -2.08. The summed E-state index contributed by atoms with van der Waals surface area (Å²) in [4.78, 5) is 8.83. The first-order valence-electron chi connectivity index (χ1n) is 6.40. The van der Waals surface area contributed by atoms with Crippen LogP contribution in [0.1, 0.15) is 12.5 Å². The van der Waals surface area contributed by atoms with Gasteiger partial charge in [-0.25, -0.2) is 14.4 Å². The van der Waals surface area contributed by atoms with Crippen LogP contribution in [0, 0.1) is 5.82 Å². The molecule has 1 heterocycles. The van der Waals surface area contributed by atoms with Crippen molar-refractivity contribution in [3.63, 3.8) is 0 Å². The number of benzene rings is 2. The molecule has 1 aromatic heterocycles. The summed E-state index contributed by atoms with van der Waals surface area (Å²) in [6.45, 7) is 1.96. The van der Waals surface area contributed by atoms with Crippen LogP contribution in [0.5, 0.6) is 0 Å². The van der Waals surface area contributed by atoms with E-state index in [0.717, 1.165) is 11.1 Å². The highest BCUT2D eigenvalue weighted by atomic mass is 35.5. The first-order chi connectivity index (χ1) is 9.69. The van der Waals surface area contributed by atoms with Gasteiger partial charge in [-0.3, -0.25) is 0 Å². The van der Waals surface area contributed by atoms with Crippen molar-refractivity contribution in [2.45, 2.75) is 13.3 Å². The van der Waals surface area contributed by atoms with Crippen LogP contribution in [-0.2, 0) is 6.42 Å². The zero-order valence-corrected chi connectivity index (χ0v) is 11.7. The van der Waals surface area contributed by atoms with Gasteiger partial charge in [-0.2, -0.15) is 0 Å². The van der Waals surface area contributed by atoms with Crippen LogP contribution in [0.2, 0.25) is 5.15 Å². The highest BCUT2D eigenvalue weighted by molar-refractivity contribution is 6.34. The van der Waals surface area contributed by atoms with Gasteiger partial charge in [0, 0.05) is 10.9 Å². The summed E-state index contributed by atoms with van der Waals surface area (Å²) in [6.07, 6.45) is 0.690. The molecule has 0 aliphatic rings. The Kier molecular flexibility index (Phi) is 3.36. The van der Waals surface area contributed by atoms with E-state index in [0.29, 0.717) is 23.1 Å². The van der Waals surface area contributed by atoms with Crippen molar-refractivity contribution in [2.75, 3.05) is 0 Å². The Morgan fingerprint density at radius 2 is 1.85 bits per heavy atom. The summed E-state index contributed by atoms with van der Waals surface area (Å²) >= 11 is 6.20. The van der Waals surface area contributed by atoms with Gasteiger partial charge < -0.3 is 0 Å². The number of hydrogen-bond acceptors (Lipinski definition) is 2. The Morgan fingerprint density at radius 1 is 1.10 bits per heavy atom. The van der Waals surface area contributed by atoms with E-state index in [2.05, 4.69) is 9.97 Å². The summed E-state index contributed by atoms with van der Waals surface area (Å²) < 4.78 is 13.6. The molecular formula is C16H12ClFN2. The first kappa shape index (κ1) is 13.0. The third-order valence-electron chi connectivity index (χ3n) is 3.21. The molecule has 2 nitrogen and oxygen atoms in total. The van der Waals surface area contributed by atoms with Gasteiger partial charge in [-0.1, -0.05) is 48.9 Å². The fourth-order valence-corrected chi connectivity index (χ4v) is 2.44. The summed E-state index contributed by atoms with van der Waals surface area (Å²) in [5, 5.41) is 0.839. The number of aromatic nitrogens is 2. The number of aryl methyl sites for hydroxylation is 1. The van der Waals surface area contributed by atoms with Crippen molar-refractivity contribution in [3.05, 3.63) is 59.0 Å². The van der Waals surface area contributed by atoms with Crippen LogP contribution < -0.4 is 0 Å². The van der Waals surface area contributed by atoms with Gasteiger partial charge in [-0.15, -0.1) is 0 Å². The van der Waals surface area contributed by atoms with Crippen molar-refractivity contribution in [3.8, 4) is 11.4 Å². The van der Waals surface area contributed by atoms with Gasteiger partial charge in [-0.05, 0) is 24.1 Å². The zero-order valence-electron chi connectivity index (χ0n) is 10.9. The molecule has 3 rings (SSSR count). The quantitative estimate of drug-likeness (QED) is 0.641. The van der Waals surface area contributed by atoms with E-state index in [1.54, 1.807) is 0 Å². The maximum absolute atomic E-state index is 13.6. The van der Waals surface area contributed by atoms with Crippen molar-refractivity contribution < 1.29 is 4.39 Å². The lowest BCUT2D eigenvalue weighted by molar-refractivity contribution is 0.627. The average molecular weight is 287 g/mol. The molecule has 0 saturated carbocycles. The fourth-order valence-electron chi connectivity index (χ4n) is 2.21. The lowest BCUT2D eigenvalue weighted by Crippen LogP contribution is -1.96. The monoisotopic (exact) mass is 286 g/mol. The maximum atomic E-state index is 13.6. The van der Waals surface area contributed by atoms with Crippen LogP contribution in [-0.4, -0.2) is 9.97 Å². The molecule has 0 fully saturated rings. The molecule has 0 aliphatic heterocycles. The van der Waals surface area contributed by atoms with Crippen LogP contribution in [0.4, 0.5) is 4.39 Å². The van der Waals surface area contributed by atoms with Crippen LogP contribution in [0.3, 0.4) is 0 Å². The van der Waals surface area contributed by atoms with E-state index in [-0.39, 0.29) is 11.0 Å². The second-order valence-electron chi connectivity index (χ2n) is 4.52. The van der Waals surface area contributed by atoms with Gasteiger partial charge in [0.25, 0.3) is 0 Å². The predicted octanol–water partition coefficient (Wildman–Crippen LogP) is 4.65. The SMILES string of the molecule is CCc1cc(F)cc2c(Cl)nc(-c3ccccc3)nc12. The first-order valence-corrected chi connectivity index (χ1v) is 6.78. The number of rotatable bonds is 2. The Bertz CT molecular complexity index is 772. The van der Waals surface area contributed by atoms with E-state index in [1.165, 1.54) is 12.1 Å². The smallest absolute Gasteiger partial charge is 0.161 e. The molecule has 3 aromatic rings. The Balaban J connectivity index is 2.31. The number of nitrogens with zero attached hydrogens (tertiary/aromatic N) is 2. The van der Waals surface area contributed by atoms with Crippen molar-refractivity contribution in [1.29, 1.82) is 0 Å². The Hall–Kier alpha value is -2.00. The molecule has 2 aromatic carbocycles. The van der Waals surface area contributed by atoms with Gasteiger partial charge in [0.1, 0.15) is 11.0 Å². The standard InChI is InChI=1S/C16H12ClFN2/c1-2-10-8-12(18)9-13-14(10)19-16(20-15(13)17)11-6-4-3-5-7-11/h3-9H,2H2,1H3. The molecule has 0 amide bonds. The van der Waals surface area contributed by atoms with Crippen LogP contribution >= 0.6 is 11.6 Å². The predicted molar refractivity (Wildman–Crippen MR) is 79.3 cm³/mol. The largest absolute Gasteiger partial charge is 0.228 e. The lowest BCUT2D eigenvalue weighted by atomic mass is 10.1. The molecule has 0 radical (unpaired) electrons. The van der Waals surface area contributed by atoms with Crippen LogP contribution in [0.15, 0.2) is 42.5 Å². The van der Waals surface area contributed by atoms with Gasteiger partial charge in [0.05, 0.1) is 5.52 Å². The molecule has 20 heavy (non-hydrogen) atoms. The van der Waals surface area contributed by atoms with Gasteiger partial charge in [0.2, 0.25) is 0 Å². The van der Waals surface area contributed by atoms with E-state index >= 15 is 0 Å². The minimum atomic E-state index is -0.313. The number of hydrogen-bond donors (Lipinski definition) is 0.